The molecule has 1 saturated carbocycles. The minimum Gasteiger partial charge on any atom is -0.313 e. The molecule has 0 bridgehead atoms. The minimum atomic E-state index is 0.345. The van der Waals surface area contributed by atoms with Crippen molar-refractivity contribution in [2.45, 2.75) is 45.6 Å². The lowest BCUT2D eigenvalue weighted by molar-refractivity contribution is 0.200. The van der Waals surface area contributed by atoms with E-state index in [0.717, 1.165) is 19.0 Å². The largest absolute Gasteiger partial charge is 0.313 e. The van der Waals surface area contributed by atoms with Crippen LogP contribution in [0.1, 0.15) is 43.7 Å². The fourth-order valence-corrected chi connectivity index (χ4v) is 3.31. The van der Waals surface area contributed by atoms with E-state index in [0.29, 0.717) is 11.5 Å². The van der Waals surface area contributed by atoms with Gasteiger partial charge in [-0.1, -0.05) is 43.7 Å². The highest BCUT2D eigenvalue weighted by atomic mass is 15.1. The summed E-state index contributed by atoms with van der Waals surface area (Å²) in [5, 5.41) is 3.75. The van der Waals surface area contributed by atoms with E-state index in [4.69, 9.17) is 0 Å². The fraction of sp³-hybridized carbons (Fsp3) is 0.667. The van der Waals surface area contributed by atoms with Crippen molar-refractivity contribution in [3.8, 4) is 0 Å². The predicted octanol–water partition coefficient (Wildman–Crippen LogP) is 3.42. The number of aryl methyl sites for hydroxylation is 1. The molecule has 20 heavy (non-hydrogen) atoms. The number of hydrogen-bond donors (Lipinski definition) is 1. The fourth-order valence-electron chi connectivity index (χ4n) is 3.31. The summed E-state index contributed by atoms with van der Waals surface area (Å²) in [5.74, 6) is 0.768. The van der Waals surface area contributed by atoms with Gasteiger partial charge in [-0.25, -0.2) is 0 Å². The third-order valence-corrected chi connectivity index (χ3v) is 4.27. The molecule has 0 amide bonds. The van der Waals surface area contributed by atoms with Crippen molar-refractivity contribution >= 4 is 0 Å². The van der Waals surface area contributed by atoms with Crippen LogP contribution in [-0.4, -0.2) is 38.1 Å². The van der Waals surface area contributed by atoms with Gasteiger partial charge in [0.25, 0.3) is 0 Å². The van der Waals surface area contributed by atoms with E-state index >= 15 is 0 Å². The molecule has 0 radical (unpaired) electrons. The van der Waals surface area contributed by atoms with Crippen LogP contribution in [0.2, 0.25) is 0 Å². The van der Waals surface area contributed by atoms with E-state index in [2.05, 4.69) is 69.3 Å². The van der Waals surface area contributed by atoms with Crippen LogP contribution in [0.15, 0.2) is 24.3 Å². The third kappa shape index (κ3) is 4.32. The lowest BCUT2D eigenvalue weighted by Gasteiger charge is -2.39. The van der Waals surface area contributed by atoms with Gasteiger partial charge in [0.2, 0.25) is 0 Å². The van der Waals surface area contributed by atoms with E-state index < -0.39 is 0 Å². The summed E-state index contributed by atoms with van der Waals surface area (Å²) in [4.78, 5) is 2.28. The van der Waals surface area contributed by atoms with Crippen molar-refractivity contribution in [1.82, 2.24) is 10.2 Å². The molecule has 0 aliphatic heterocycles. The van der Waals surface area contributed by atoms with E-state index in [1.807, 2.05) is 0 Å². The number of nitrogens with zero attached hydrogens (tertiary/aromatic N) is 1. The standard InChI is InChI=1S/C18H30N2/c1-14-7-6-8-15(9-14)16-10-17(11-16)19-12-18(2,3)13-20(4)5/h6-9,16-17,19H,10-13H2,1-5H3. The molecule has 1 aromatic rings. The summed E-state index contributed by atoms with van der Waals surface area (Å²) in [5.41, 5.74) is 3.25. The highest BCUT2D eigenvalue weighted by molar-refractivity contribution is 5.27. The first-order valence-corrected chi connectivity index (χ1v) is 7.80. The summed E-state index contributed by atoms with van der Waals surface area (Å²) < 4.78 is 0. The molecule has 1 N–H and O–H groups in total. The van der Waals surface area contributed by atoms with Crippen molar-refractivity contribution in [3.05, 3.63) is 35.4 Å². The first kappa shape index (κ1) is 15.5. The molecule has 0 unspecified atom stereocenters. The molecule has 1 aromatic carbocycles. The number of rotatable bonds is 6. The maximum Gasteiger partial charge on any atom is 0.00789 e. The number of benzene rings is 1. The van der Waals surface area contributed by atoms with E-state index in [1.165, 1.54) is 24.0 Å². The Morgan fingerprint density at radius 1 is 1.25 bits per heavy atom. The molecule has 1 fully saturated rings. The molecule has 2 rings (SSSR count). The van der Waals surface area contributed by atoms with Gasteiger partial charge in [0.05, 0.1) is 0 Å². The second-order valence-corrected chi connectivity index (χ2v) is 7.56. The van der Waals surface area contributed by atoms with Crippen molar-refractivity contribution in [1.29, 1.82) is 0 Å². The number of hydrogen-bond acceptors (Lipinski definition) is 2. The van der Waals surface area contributed by atoms with E-state index in [9.17, 15) is 0 Å². The molecule has 2 heteroatoms. The average molecular weight is 274 g/mol. The van der Waals surface area contributed by atoms with Crippen molar-refractivity contribution in [2.75, 3.05) is 27.2 Å². The summed E-state index contributed by atoms with van der Waals surface area (Å²) in [6.45, 7) is 9.11. The van der Waals surface area contributed by atoms with Crippen LogP contribution in [0, 0.1) is 12.3 Å². The van der Waals surface area contributed by atoms with Gasteiger partial charge >= 0.3 is 0 Å². The number of nitrogens with one attached hydrogen (secondary N) is 1. The van der Waals surface area contributed by atoms with Gasteiger partial charge in [0.1, 0.15) is 0 Å². The summed E-state index contributed by atoms with van der Waals surface area (Å²) in [6.07, 6.45) is 2.59. The highest BCUT2D eigenvalue weighted by Gasteiger charge is 2.31. The lowest BCUT2D eigenvalue weighted by atomic mass is 9.75. The second kappa shape index (κ2) is 6.28. The molecule has 0 spiro atoms. The van der Waals surface area contributed by atoms with Gasteiger partial charge in [-0.15, -0.1) is 0 Å². The Morgan fingerprint density at radius 3 is 2.55 bits per heavy atom. The zero-order chi connectivity index (χ0) is 14.8. The lowest BCUT2D eigenvalue weighted by Crippen LogP contribution is -2.46. The molecule has 1 aliphatic carbocycles. The summed E-state index contributed by atoms with van der Waals surface area (Å²) in [7, 11) is 4.30. The molecule has 0 heterocycles. The van der Waals surface area contributed by atoms with Crippen molar-refractivity contribution < 1.29 is 0 Å². The first-order chi connectivity index (χ1) is 9.35. The molecule has 1 aliphatic rings. The van der Waals surface area contributed by atoms with Crippen LogP contribution >= 0.6 is 0 Å². The van der Waals surface area contributed by atoms with E-state index in [1.54, 1.807) is 0 Å². The van der Waals surface area contributed by atoms with Crippen LogP contribution in [0.25, 0.3) is 0 Å². The zero-order valence-corrected chi connectivity index (χ0v) is 13.7. The second-order valence-electron chi connectivity index (χ2n) is 7.56. The topological polar surface area (TPSA) is 15.3 Å². The smallest absolute Gasteiger partial charge is 0.00789 e. The van der Waals surface area contributed by atoms with Gasteiger partial charge in [-0.2, -0.15) is 0 Å². The molecule has 112 valence electrons. The summed E-state index contributed by atoms with van der Waals surface area (Å²) >= 11 is 0. The molecule has 0 atom stereocenters. The highest BCUT2D eigenvalue weighted by Crippen LogP contribution is 2.37. The first-order valence-electron chi connectivity index (χ1n) is 7.80. The van der Waals surface area contributed by atoms with Crippen molar-refractivity contribution in [3.63, 3.8) is 0 Å². The monoisotopic (exact) mass is 274 g/mol. The Morgan fingerprint density at radius 2 is 1.95 bits per heavy atom. The van der Waals surface area contributed by atoms with Gasteiger partial charge in [-0.3, -0.25) is 0 Å². The Kier molecular flexibility index (Phi) is 4.87. The Bertz CT molecular complexity index is 431. The predicted molar refractivity (Wildman–Crippen MR) is 87.3 cm³/mol. The average Bonchev–Trinajstić information content (AvgIpc) is 2.24. The van der Waals surface area contributed by atoms with Crippen LogP contribution in [0.3, 0.4) is 0 Å². The molecular weight excluding hydrogens is 244 g/mol. The van der Waals surface area contributed by atoms with Crippen LogP contribution in [0.4, 0.5) is 0 Å². The van der Waals surface area contributed by atoms with Crippen molar-refractivity contribution in [2.24, 2.45) is 5.41 Å². The Balaban J connectivity index is 1.74. The molecular formula is C18H30N2. The third-order valence-electron chi connectivity index (χ3n) is 4.27. The van der Waals surface area contributed by atoms with Crippen LogP contribution < -0.4 is 5.32 Å². The maximum atomic E-state index is 3.75. The normalized spacial score (nSPS) is 22.9. The summed E-state index contributed by atoms with van der Waals surface area (Å²) in [6, 6.07) is 9.70. The van der Waals surface area contributed by atoms with Gasteiger partial charge in [0.15, 0.2) is 0 Å². The van der Waals surface area contributed by atoms with Crippen LogP contribution in [0.5, 0.6) is 0 Å². The maximum absolute atomic E-state index is 3.75. The van der Waals surface area contributed by atoms with E-state index in [-0.39, 0.29) is 0 Å². The van der Waals surface area contributed by atoms with Gasteiger partial charge < -0.3 is 10.2 Å². The quantitative estimate of drug-likeness (QED) is 0.855. The van der Waals surface area contributed by atoms with Gasteiger partial charge in [-0.05, 0) is 50.8 Å². The molecule has 0 saturated heterocycles. The SMILES string of the molecule is Cc1cccc(C2CC(NCC(C)(C)CN(C)C)C2)c1. The van der Waals surface area contributed by atoms with Gasteiger partial charge in [0, 0.05) is 19.1 Å². The Hall–Kier alpha value is -0.860. The molecule has 0 aromatic heterocycles. The molecule has 2 nitrogen and oxygen atoms in total. The Labute approximate surface area is 124 Å². The van der Waals surface area contributed by atoms with Crippen LogP contribution in [-0.2, 0) is 0 Å². The minimum absolute atomic E-state index is 0.345. The zero-order valence-electron chi connectivity index (χ0n) is 13.7.